The average molecular weight is 317 g/mol. The van der Waals surface area contributed by atoms with Gasteiger partial charge in [-0.3, -0.25) is 9.69 Å². The molecule has 0 radical (unpaired) electrons. The second kappa shape index (κ2) is 5.77. The van der Waals surface area contributed by atoms with E-state index in [9.17, 15) is 9.18 Å². The third-order valence-electron chi connectivity index (χ3n) is 2.86. The second-order valence-electron chi connectivity index (χ2n) is 4.42. The van der Waals surface area contributed by atoms with Gasteiger partial charge in [0.2, 0.25) is 5.91 Å². The smallest absolute Gasteiger partial charge is 0.238 e. The summed E-state index contributed by atoms with van der Waals surface area (Å²) in [6.45, 7) is 1.81. The Morgan fingerprint density at radius 3 is 2.89 bits per heavy atom. The van der Waals surface area contributed by atoms with Gasteiger partial charge in [-0.25, -0.2) is 4.39 Å². The first-order valence-electron chi connectivity index (χ1n) is 5.66. The number of carbonyl (C=O) groups is 1. The Balaban J connectivity index is 1.84. The topological polar surface area (TPSA) is 52.6 Å². The Morgan fingerprint density at radius 2 is 2.28 bits per heavy atom. The summed E-state index contributed by atoms with van der Waals surface area (Å²) in [5.74, 6) is -0.440. The molecule has 1 aliphatic heterocycles. The minimum atomic E-state index is -0.463. The third kappa shape index (κ3) is 3.28. The van der Waals surface area contributed by atoms with Gasteiger partial charge in [0.1, 0.15) is 5.82 Å². The molecule has 2 N–H and O–H groups in total. The molecule has 18 heavy (non-hydrogen) atoms. The van der Waals surface area contributed by atoms with Gasteiger partial charge in [0.25, 0.3) is 0 Å². The highest BCUT2D eigenvalue weighted by Gasteiger charge is 2.27. The summed E-state index contributed by atoms with van der Waals surface area (Å²) in [4.78, 5) is 13.6. The van der Waals surface area contributed by atoms with Crippen LogP contribution in [0.5, 0.6) is 0 Å². The molecule has 0 spiro atoms. The fraction of sp³-hybridized carbons (Fsp3) is 0.417. The molecule has 0 bridgehead atoms. The van der Waals surface area contributed by atoms with E-state index in [0.717, 1.165) is 0 Å². The van der Waals surface area contributed by atoms with Gasteiger partial charge in [-0.15, -0.1) is 0 Å². The zero-order valence-electron chi connectivity index (χ0n) is 9.70. The minimum Gasteiger partial charge on any atom is -0.396 e. The van der Waals surface area contributed by atoms with Crippen molar-refractivity contribution in [1.82, 2.24) is 4.90 Å². The number of hydrogen-bond acceptors (Lipinski definition) is 3. The normalized spacial score (nSPS) is 16.4. The molecule has 0 saturated carbocycles. The Labute approximate surface area is 113 Å². The molecular weight excluding hydrogens is 303 g/mol. The van der Waals surface area contributed by atoms with E-state index in [-0.39, 0.29) is 30.7 Å². The first-order valence-corrected chi connectivity index (χ1v) is 6.46. The van der Waals surface area contributed by atoms with Crippen LogP contribution in [0, 0.1) is 11.7 Å². The van der Waals surface area contributed by atoms with E-state index in [4.69, 9.17) is 5.11 Å². The first kappa shape index (κ1) is 13.5. The van der Waals surface area contributed by atoms with Crippen LogP contribution < -0.4 is 5.32 Å². The molecule has 1 heterocycles. The molecular formula is C12H14BrFN2O2. The third-order valence-corrected chi connectivity index (χ3v) is 3.36. The van der Waals surface area contributed by atoms with Gasteiger partial charge in [-0.2, -0.15) is 0 Å². The van der Waals surface area contributed by atoms with Crippen molar-refractivity contribution in [1.29, 1.82) is 0 Å². The van der Waals surface area contributed by atoms with Gasteiger partial charge >= 0.3 is 0 Å². The van der Waals surface area contributed by atoms with Gasteiger partial charge in [0, 0.05) is 30.1 Å². The molecule has 0 atom stereocenters. The van der Waals surface area contributed by atoms with Crippen molar-refractivity contribution in [2.45, 2.75) is 0 Å². The van der Waals surface area contributed by atoms with E-state index in [1.165, 1.54) is 12.1 Å². The lowest BCUT2D eigenvalue weighted by atomic mass is 10.0. The summed E-state index contributed by atoms with van der Waals surface area (Å²) >= 11 is 3.15. The van der Waals surface area contributed by atoms with Crippen LogP contribution in [0.25, 0.3) is 0 Å². The van der Waals surface area contributed by atoms with Gasteiger partial charge in [0.15, 0.2) is 0 Å². The van der Waals surface area contributed by atoms with Gasteiger partial charge in [-0.05, 0) is 18.2 Å². The van der Waals surface area contributed by atoms with Crippen molar-refractivity contribution in [3.63, 3.8) is 0 Å². The highest BCUT2D eigenvalue weighted by molar-refractivity contribution is 9.10. The van der Waals surface area contributed by atoms with Crippen molar-refractivity contribution < 1.29 is 14.3 Å². The fourth-order valence-electron chi connectivity index (χ4n) is 1.91. The highest BCUT2D eigenvalue weighted by Crippen LogP contribution is 2.20. The lowest BCUT2D eigenvalue weighted by molar-refractivity contribution is -0.119. The van der Waals surface area contributed by atoms with E-state index >= 15 is 0 Å². The minimum absolute atomic E-state index is 0.152. The lowest BCUT2D eigenvalue weighted by Crippen LogP contribution is -2.51. The van der Waals surface area contributed by atoms with Gasteiger partial charge in [0.05, 0.1) is 12.2 Å². The fourth-order valence-corrected chi connectivity index (χ4v) is 2.24. The number of nitrogens with zero attached hydrogens (tertiary/aromatic N) is 1. The number of nitrogens with one attached hydrogen (secondary N) is 1. The highest BCUT2D eigenvalue weighted by atomic mass is 79.9. The SMILES string of the molecule is O=C(CN1CC(CO)C1)Nc1ccc(Br)cc1F. The first-order chi connectivity index (χ1) is 8.58. The number of aliphatic hydroxyl groups is 1. The zero-order chi connectivity index (χ0) is 13.1. The summed E-state index contributed by atoms with van der Waals surface area (Å²) in [7, 11) is 0. The van der Waals surface area contributed by atoms with Crippen LogP contribution in [0.2, 0.25) is 0 Å². The van der Waals surface area contributed by atoms with Crippen LogP contribution in [0.1, 0.15) is 0 Å². The van der Waals surface area contributed by atoms with Crippen LogP contribution in [-0.2, 0) is 4.79 Å². The quantitative estimate of drug-likeness (QED) is 0.884. The van der Waals surface area contributed by atoms with Crippen molar-refractivity contribution in [3.05, 3.63) is 28.5 Å². The molecule has 1 amide bonds. The van der Waals surface area contributed by atoms with Crippen LogP contribution in [0.3, 0.4) is 0 Å². The van der Waals surface area contributed by atoms with Crippen molar-refractivity contribution in [2.75, 3.05) is 31.6 Å². The van der Waals surface area contributed by atoms with E-state index in [1.54, 1.807) is 6.07 Å². The molecule has 0 aromatic heterocycles. The summed E-state index contributed by atoms with van der Waals surface area (Å²) in [6, 6.07) is 4.50. The molecule has 1 aliphatic rings. The summed E-state index contributed by atoms with van der Waals surface area (Å²) < 4.78 is 14.1. The molecule has 6 heteroatoms. The maximum atomic E-state index is 13.5. The van der Waals surface area contributed by atoms with E-state index in [0.29, 0.717) is 17.6 Å². The summed E-state index contributed by atoms with van der Waals surface area (Å²) in [5, 5.41) is 11.4. The zero-order valence-corrected chi connectivity index (χ0v) is 11.3. The lowest BCUT2D eigenvalue weighted by Gasteiger charge is -2.37. The Morgan fingerprint density at radius 1 is 1.56 bits per heavy atom. The van der Waals surface area contributed by atoms with Crippen molar-refractivity contribution in [3.8, 4) is 0 Å². The number of hydrogen-bond donors (Lipinski definition) is 2. The maximum Gasteiger partial charge on any atom is 0.238 e. The molecule has 1 aromatic rings. The standard InChI is InChI=1S/C12H14BrFN2O2/c13-9-1-2-11(10(14)3-9)15-12(18)6-16-4-8(5-16)7-17/h1-3,8,17H,4-7H2,(H,15,18). The van der Waals surface area contributed by atoms with E-state index < -0.39 is 5.82 Å². The molecule has 1 aromatic carbocycles. The van der Waals surface area contributed by atoms with Crippen LogP contribution in [0.4, 0.5) is 10.1 Å². The number of likely N-dealkylation sites (tertiary alicyclic amines) is 1. The molecule has 1 fully saturated rings. The largest absolute Gasteiger partial charge is 0.396 e. The van der Waals surface area contributed by atoms with E-state index in [1.807, 2.05) is 4.90 Å². The molecule has 1 saturated heterocycles. The number of halogens is 2. The average Bonchev–Trinajstić information content (AvgIpc) is 2.27. The molecule has 98 valence electrons. The monoisotopic (exact) mass is 316 g/mol. The van der Waals surface area contributed by atoms with Gasteiger partial charge < -0.3 is 10.4 Å². The summed E-state index contributed by atoms with van der Waals surface area (Å²) in [6.07, 6.45) is 0. The Hall–Kier alpha value is -0.980. The van der Waals surface area contributed by atoms with Crippen molar-refractivity contribution in [2.24, 2.45) is 5.92 Å². The number of aliphatic hydroxyl groups excluding tert-OH is 1. The van der Waals surface area contributed by atoms with Crippen LogP contribution >= 0.6 is 15.9 Å². The number of anilines is 1. The van der Waals surface area contributed by atoms with Gasteiger partial charge in [-0.1, -0.05) is 15.9 Å². The Kier molecular flexibility index (Phi) is 4.31. The second-order valence-corrected chi connectivity index (χ2v) is 5.33. The number of rotatable bonds is 4. The molecule has 4 nitrogen and oxygen atoms in total. The summed E-state index contributed by atoms with van der Waals surface area (Å²) in [5.41, 5.74) is 0.183. The number of benzene rings is 1. The predicted molar refractivity (Wildman–Crippen MR) is 69.7 cm³/mol. The number of amides is 1. The maximum absolute atomic E-state index is 13.5. The predicted octanol–water partition coefficient (Wildman–Crippen LogP) is 1.45. The molecule has 2 rings (SSSR count). The molecule has 0 unspecified atom stereocenters. The van der Waals surface area contributed by atoms with E-state index in [2.05, 4.69) is 21.2 Å². The molecule has 0 aliphatic carbocycles. The Bertz CT molecular complexity index is 450. The number of carbonyl (C=O) groups excluding carboxylic acids is 1. The van der Waals surface area contributed by atoms with Crippen LogP contribution in [-0.4, -0.2) is 42.2 Å². The van der Waals surface area contributed by atoms with Crippen LogP contribution in [0.15, 0.2) is 22.7 Å². The van der Waals surface area contributed by atoms with Crippen molar-refractivity contribution >= 4 is 27.5 Å².